The van der Waals surface area contributed by atoms with Crippen molar-refractivity contribution >= 4 is 23.4 Å². The van der Waals surface area contributed by atoms with Crippen molar-refractivity contribution in [3.63, 3.8) is 0 Å². The van der Waals surface area contributed by atoms with Crippen LogP contribution in [0.5, 0.6) is 0 Å². The van der Waals surface area contributed by atoms with Gasteiger partial charge in [-0.05, 0) is 19.1 Å². The van der Waals surface area contributed by atoms with Crippen LogP contribution >= 0.6 is 0 Å². The number of aromatic nitrogens is 1. The van der Waals surface area contributed by atoms with E-state index >= 15 is 0 Å². The molecule has 0 aliphatic carbocycles. The lowest BCUT2D eigenvalue weighted by molar-refractivity contribution is -0.143. The van der Waals surface area contributed by atoms with E-state index < -0.39 is 17.8 Å². The van der Waals surface area contributed by atoms with Gasteiger partial charge in [-0.3, -0.25) is 19.4 Å². The molecule has 3 heterocycles. The molecule has 3 rings (SSSR count). The number of hydrogen-bond donors (Lipinski definition) is 0. The van der Waals surface area contributed by atoms with Crippen molar-refractivity contribution in [2.45, 2.75) is 13.5 Å². The molecule has 0 radical (unpaired) electrons. The van der Waals surface area contributed by atoms with Crippen LogP contribution in [0.2, 0.25) is 0 Å². The zero-order valence-electron chi connectivity index (χ0n) is 11.8. The van der Waals surface area contributed by atoms with Crippen LogP contribution in [0.15, 0.2) is 30.6 Å². The van der Waals surface area contributed by atoms with E-state index in [9.17, 15) is 19.6 Å². The van der Waals surface area contributed by atoms with Crippen molar-refractivity contribution < 1.29 is 14.4 Å². The first kappa shape index (κ1) is 13.8. The summed E-state index contributed by atoms with van der Waals surface area (Å²) in [6, 6.07) is 6.84. The van der Waals surface area contributed by atoms with E-state index in [1.165, 1.54) is 0 Å². The molecule has 0 unspecified atom stereocenters. The molecule has 0 atom stereocenters. The van der Waals surface area contributed by atoms with E-state index in [1.807, 2.05) is 6.07 Å². The van der Waals surface area contributed by atoms with E-state index in [0.717, 1.165) is 9.80 Å². The number of urea groups is 1. The Hall–Kier alpha value is -3.14. The summed E-state index contributed by atoms with van der Waals surface area (Å²) in [5.74, 6) is -1.68. The third-order valence-electron chi connectivity index (χ3n) is 3.65. The van der Waals surface area contributed by atoms with Crippen molar-refractivity contribution in [2.24, 2.45) is 0 Å². The Morgan fingerprint density at radius 1 is 1.14 bits per heavy atom. The maximum atomic E-state index is 12.1. The van der Waals surface area contributed by atoms with E-state index in [2.05, 4.69) is 6.07 Å². The Bertz CT molecular complexity index is 846. The molecule has 0 bridgehead atoms. The molecule has 4 amide bonds. The second kappa shape index (κ2) is 5.00. The number of fused-ring (bicyclic) bond motifs is 1. The highest BCUT2D eigenvalue weighted by molar-refractivity contribution is 6.44. The maximum Gasteiger partial charge on any atom is 0.334 e. The molecule has 1 aliphatic heterocycles. The monoisotopic (exact) mass is 296 g/mol. The van der Waals surface area contributed by atoms with Crippen LogP contribution in [0.25, 0.3) is 5.52 Å². The molecular formula is C15H12N4O3. The lowest BCUT2D eigenvalue weighted by atomic mass is 10.1. The summed E-state index contributed by atoms with van der Waals surface area (Å²) in [4.78, 5) is 37.5. The first-order valence-corrected chi connectivity index (χ1v) is 6.74. The van der Waals surface area contributed by atoms with Gasteiger partial charge in [-0.2, -0.15) is 5.26 Å². The van der Waals surface area contributed by atoms with Crippen molar-refractivity contribution in [3.05, 3.63) is 41.7 Å². The number of pyridine rings is 1. The number of amides is 4. The molecule has 0 saturated carbocycles. The van der Waals surface area contributed by atoms with Crippen LogP contribution in [0, 0.1) is 11.3 Å². The average molecular weight is 296 g/mol. The quantitative estimate of drug-likeness (QED) is 0.627. The molecule has 7 nitrogen and oxygen atoms in total. The third-order valence-corrected chi connectivity index (χ3v) is 3.65. The van der Waals surface area contributed by atoms with Gasteiger partial charge >= 0.3 is 17.8 Å². The minimum absolute atomic E-state index is 0.0928. The van der Waals surface area contributed by atoms with Gasteiger partial charge in [0.1, 0.15) is 6.07 Å². The number of nitriles is 1. The molecule has 0 aromatic carbocycles. The lowest BCUT2D eigenvalue weighted by Crippen LogP contribution is -2.32. The number of imide groups is 2. The first-order valence-electron chi connectivity index (χ1n) is 6.74. The van der Waals surface area contributed by atoms with Crippen LogP contribution in [-0.2, 0) is 16.1 Å². The van der Waals surface area contributed by atoms with Crippen LogP contribution in [0.1, 0.15) is 18.1 Å². The van der Waals surface area contributed by atoms with Gasteiger partial charge in [-0.15, -0.1) is 0 Å². The fourth-order valence-corrected chi connectivity index (χ4v) is 2.57. The number of hydrogen-bond acceptors (Lipinski definition) is 4. The smallest absolute Gasteiger partial charge is 0.322 e. The zero-order chi connectivity index (χ0) is 15.9. The Kier molecular flexibility index (Phi) is 3.14. The van der Waals surface area contributed by atoms with E-state index in [1.54, 1.807) is 35.9 Å². The highest BCUT2D eigenvalue weighted by Crippen LogP contribution is 2.22. The molecule has 7 heteroatoms. The summed E-state index contributed by atoms with van der Waals surface area (Å²) >= 11 is 0. The first-order chi connectivity index (χ1) is 10.6. The van der Waals surface area contributed by atoms with E-state index in [0.29, 0.717) is 16.6 Å². The van der Waals surface area contributed by atoms with E-state index in [4.69, 9.17) is 0 Å². The lowest BCUT2D eigenvalue weighted by Gasteiger charge is -2.13. The highest BCUT2D eigenvalue weighted by Gasteiger charge is 2.43. The molecule has 1 saturated heterocycles. The predicted octanol–water partition coefficient (Wildman–Crippen LogP) is 1.12. The summed E-state index contributed by atoms with van der Waals surface area (Å²) in [5.41, 5.74) is 1.61. The van der Waals surface area contributed by atoms with Gasteiger partial charge in [0.05, 0.1) is 17.6 Å². The van der Waals surface area contributed by atoms with Gasteiger partial charge in [-0.1, -0.05) is 6.07 Å². The number of carbonyl (C=O) groups excluding carboxylic acids is 3. The van der Waals surface area contributed by atoms with Crippen molar-refractivity contribution in [2.75, 3.05) is 6.54 Å². The molecule has 0 N–H and O–H groups in total. The van der Waals surface area contributed by atoms with Crippen molar-refractivity contribution in [3.8, 4) is 6.07 Å². The Morgan fingerprint density at radius 2 is 1.86 bits per heavy atom. The third kappa shape index (κ3) is 1.85. The average Bonchev–Trinajstić information content (AvgIpc) is 2.97. The largest absolute Gasteiger partial charge is 0.334 e. The Balaban J connectivity index is 2.01. The summed E-state index contributed by atoms with van der Waals surface area (Å²) in [5, 5.41) is 9.33. The number of carbonyl (C=O) groups is 3. The molecule has 1 aliphatic rings. The predicted molar refractivity (Wildman–Crippen MR) is 75.4 cm³/mol. The fraction of sp³-hybridized carbons (Fsp3) is 0.200. The van der Waals surface area contributed by atoms with Gasteiger partial charge in [-0.25, -0.2) is 4.79 Å². The summed E-state index contributed by atoms with van der Waals surface area (Å²) in [7, 11) is 0. The maximum absolute atomic E-state index is 12.1. The fourth-order valence-electron chi connectivity index (χ4n) is 2.57. The van der Waals surface area contributed by atoms with Gasteiger partial charge in [0.15, 0.2) is 0 Å². The summed E-state index contributed by atoms with van der Waals surface area (Å²) in [6.07, 6.45) is 3.46. The van der Waals surface area contributed by atoms with Crippen LogP contribution in [0.3, 0.4) is 0 Å². The molecule has 22 heavy (non-hydrogen) atoms. The van der Waals surface area contributed by atoms with Crippen molar-refractivity contribution in [1.29, 1.82) is 5.26 Å². The Morgan fingerprint density at radius 3 is 2.50 bits per heavy atom. The minimum atomic E-state index is -0.856. The molecule has 1 fully saturated rings. The van der Waals surface area contributed by atoms with E-state index in [-0.39, 0.29) is 13.1 Å². The molecule has 2 aromatic heterocycles. The highest BCUT2D eigenvalue weighted by atomic mass is 16.2. The van der Waals surface area contributed by atoms with Gasteiger partial charge in [0.2, 0.25) is 0 Å². The summed E-state index contributed by atoms with van der Waals surface area (Å²) in [6.45, 7) is 1.67. The van der Waals surface area contributed by atoms with Gasteiger partial charge in [0.25, 0.3) is 0 Å². The van der Waals surface area contributed by atoms with Crippen LogP contribution in [0.4, 0.5) is 4.79 Å². The second-order valence-corrected chi connectivity index (χ2v) is 4.86. The van der Waals surface area contributed by atoms with Crippen LogP contribution < -0.4 is 0 Å². The molecule has 2 aromatic rings. The zero-order valence-corrected chi connectivity index (χ0v) is 11.8. The standard InChI is InChI=1S/C15H12N4O3/c1-2-18-13(20)14(21)19(15(18)22)9-10-8-17-6-4-3-5-12(17)11(10)7-16/h3-6,8H,2,9H2,1H3. The molecular weight excluding hydrogens is 284 g/mol. The number of rotatable bonds is 3. The van der Waals surface area contributed by atoms with Gasteiger partial charge in [0, 0.05) is 24.5 Å². The van der Waals surface area contributed by atoms with Crippen LogP contribution in [-0.4, -0.2) is 38.6 Å². The van der Waals surface area contributed by atoms with Crippen molar-refractivity contribution in [1.82, 2.24) is 14.2 Å². The molecule has 110 valence electrons. The van der Waals surface area contributed by atoms with Gasteiger partial charge < -0.3 is 4.40 Å². The number of nitrogens with zero attached hydrogens (tertiary/aromatic N) is 4. The SMILES string of the molecule is CCN1C(=O)C(=O)N(Cc2cn3ccccc3c2C#N)C1=O. The second-order valence-electron chi connectivity index (χ2n) is 4.86. The topological polar surface area (TPSA) is 85.9 Å². The Labute approximate surface area is 125 Å². The molecule has 0 spiro atoms. The number of likely N-dealkylation sites (N-methyl/N-ethyl adjacent to an activating group) is 1. The normalized spacial score (nSPS) is 15.0. The summed E-state index contributed by atoms with van der Waals surface area (Å²) < 4.78 is 1.75. The minimum Gasteiger partial charge on any atom is -0.322 e.